The summed E-state index contributed by atoms with van der Waals surface area (Å²) in [6.45, 7) is 9.80. The molecule has 2 nitrogen and oxygen atoms in total. The molecule has 0 aromatic heterocycles. The molecule has 1 heterocycles. The highest BCUT2D eigenvalue weighted by molar-refractivity contribution is 6.31. The van der Waals surface area contributed by atoms with Crippen molar-refractivity contribution in [1.29, 1.82) is 0 Å². The molecule has 1 aliphatic heterocycles. The molecule has 1 aliphatic rings. The van der Waals surface area contributed by atoms with Crippen molar-refractivity contribution in [3.05, 3.63) is 28.8 Å². The zero-order valence-corrected chi connectivity index (χ0v) is 11.6. The van der Waals surface area contributed by atoms with Crippen molar-refractivity contribution in [2.24, 2.45) is 5.92 Å². The van der Waals surface area contributed by atoms with Crippen LogP contribution in [0.2, 0.25) is 5.02 Å². The lowest BCUT2D eigenvalue weighted by atomic mass is 10.1. The van der Waals surface area contributed by atoms with Gasteiger partial charge in [0, 0.05) is 29.8 Å². The average Bonchev–Trinajstić information content (AvgIpc) is 2.45. The molecule has 1 fully saturated rings. The molecule has 1 aromatic carbocycles. The van der Waals surface area contributed by atoms with E-state index in [1.807, 2.05) is 6.92 Å². The minimum atomic E-state index is 0.528. The van der Waals surface area contributed by atoms with E-state index in [9.17, 15) is 0 Å². The van der Waals surface area contributed by atoms with E-state index in [0.717, 1.165) is 30.2 Å². The van der Waals surface area contributed by atoms with Crippen molar-refractivity contribution in [1.82, 2.24) is 5.32 Å². The molecular weight excluding hydrogens is 232 g/mol. The van der Waals surface area contributed by atoms with Crippen molar-refractivity contribution in [3.63, 3.8) is 0 Å². The average molecular weight is 253 g/mol. The summed E-state index contributed by atoms with van der Waals surface area (Å²) in [6.07, 6.45) is 0. The second kappa shape index (κ2) is 5.28. The highest BCUT2D eigenvalue weighted by Crippen LogP contribution is 2.24. The molecule has 3 heteroatoms. The molecule has 2 unspecified atom stereocenters. The van der Waals surface area contributed by atoms with E-state index in [2.05, 4.69) is 42.3 Å². The monoisotopic (exact) mass is 252 g/mol. The number of nitrogens with zero attached hydrogens (tertiary/aromatic N) is 1. The Kier molecular flexibility index (Phi) is 3.95. The van der Waals surface area contributed by atoms with Crippen LogP contribution >= 0.6 is 11.6 Å². The molecule has 1 N–H and O–H groups in total. The minimum absolute atomic E-state index is 0.528. The van der Waals surface area contributed by atoms with Crippen LogP contribution in [0, 0.1) is 12.8 Å². The molecule has 0 bridgehead atoms. The summed E-state index contributed by atoms with van der Waals surface area (Å²) >= 11 is 6.20. The molecule has 17 heavy (non-hydrogen) atoms. The number of halogens is 1. The molecule has 0 spiro atoms. The lowest BCUT2D eigenvalue weighted by Gasteiger charge is -2.26. The standard InChI is InChI=1S/C14H21ClN2/c1-10-7-16-12(3)9-17(8-10)13-5-4-11(2)14(15)6-13/h4-6,10,12,16H,7-9H2,1-3H3. The van der Waals surface area contributed by atoms with Crippen LogP contribution in [0.5, 0.6) is 0 Å². The summed E-state index contributed by atoms with van der Waals surface area (Å²) in [6, 6.07) is 6.89. The van der Waals surface area contributed by atoms with Gasteiger partial charge in [0.25, 0.3) is 0 Å². The fourth-order valence-electron chi connectivity index (χ4n) is 2.30. The predicted molar refractivity (Wildman–Crippen MR) is 75.0 cm³/mol. The Labute approximate surface area is 109 Å². The maximum Gasteiger partial charge on any atom is 0.0455 e. The fraction of sp³-hybridized carbons (Fsp3) is 0.571. The second-order valence-corrected chi connectivity index (χ2v) is 5.66. The third-order valence-electron chi connectivity index (χ3n) is 3.36. The molecular formula is C14H21ClN2. The van der Waals surface area contributed by atoms with Gasteiger partial charge in [-0.15, -0.1) is 0 Å². The number of hydrogen-bond donors (Lipinski definition) is 1. The summed E-state index contributed by atoms with van der Waals surface area (Å²) in [7, 11) is 0. The third kappa shape index (κ3) is 3.14. The molecule has 0 radical (unpaired) electrons. The van der Waals surface area contributed by atoms with E-state index < -0.39 is 0 Å². The van der Waals surface area contributed by atoms with Gasteiger partial charge in [-0.3, -0.25) is 0 Å². The highest BCUT2D eigenvalue weighted by Gasteiger charge is 2.19. The Hall–Kier alpha value is -0.730. The van der Waals surface area contributed by atoms with Crippen molar-refractivity contribution < 1.29 is 0 Å². The zero-order chi connectivity index (χ0) is 12.4. The SMILES string of the molecule is Cc1ccc(N2CC(C)CNC(C)C2)cc1Cl. The van der Waals surface area contributed by atoms with Crippen molar-refractivity contribution in [2.75, 3.05) is 24.5 Å². The Morgan fingerprint density at radius 3 is 2.76 bits per heavy atom. The molecule has 1 aromatic rings. The summed E-state index contributed by atoms with van der Waals surface area (Å²) in [5, 5.41) is 4.41. The van der Waals surface area contributed by atoms with E-state index in [1.54, 1.807) is 0 Å². The van der Waals surface area contributed by atoms with Crippen LogP contribution in [-0.2, 0) is 0 Å². The largest absolute Gasteiger partial charge is 0.370 e. The number of anilines is 1. The number of rotatable bonds is 1. The van der Waals surface area contributed by atoms with E-state index in [-0.39, 0.29) is 0 Å². The van der Waals surface area contributed by atoms with Gasteiger partial charge in [0.2, 0.25) is 0 Å². The van der Waals surface area contributed by atoms with Crippen LogP contribution in [0.15, 0.2) is 18.2 Å². The van der Waals surface area contributed by atoms with Gasteiger partial charge in [0.05, 0.1) is 0 Å². The molecule has 0 amide bonds. The quantitative estimate of drug-likeness (QED) is 0.826. The molecule has 1 saturated heterocycles. The Bertz CT molecular complexity index is 380. The zero-order valence-electron chi connectivity index (χ0n) is 10.8. The lowest BCUT2D eigenvalue weighted by Crippen LogP contribution is -2.35. The highest BCUT2D eigenvalue weighted by atomic mass is 35.5. The lowest BCUT2D eigenvalue weighted by molar-refractivity contribution is 0.525. The van der Waals surface area contributed by atoms with Gasteiger partial charge in [0.15, 0.2) is 0 Å². The van der Waals surface area contributed by atoms with E-state index >= 15 is 0 Å². The van der Waals surface area contributed by atoms with Gasteiger partial charge >= 0.3 is 0 Å². The Morgan fingerprint density at radius 1 is 1.29 bits per heavy atom. The van der Waals surface area contributed by atoms with E-state index in [0.29, 0.717) is 12.0 Å². The van der Waals surface area contributed by atoms with Crippen LogP contribution in [-0.4, -0.2) is 25.7 Å². The number of hydrogen-bond acceptors (Lipinski definition) is 2. The van der Waals surface area contributed by atoms with Gasteiger partial charge in [0.1, 0.15) is 0 Å². The Morgan fingerprint density at radius 2 is 2.06 bits per heavy atom. The van der Waals surface area contributed by atoms with E-state index in [1.165, 1.54) is 5.69 Å². The molecule has 2 atom stereocenters. The van der Waals surface area contributed by atoms with Crippen molar-refractivity contribution in [3.8, 4) is 0 Å². The van der Waals surface area contributed by atoms with Crippen LogP contribution < -0.4 is 10.2 Å². The van der Waals surface area contributed by atoms with E-state index in [4.69, 9.17) is 11.6 Å². The minimum Gasteiger partial charge on any atom is -0.370 e. The Balaban J connectivity index is 2.21. The number of aryl methyl sites for hydroxylation is 1. The fourth-order valence-corrected chi connectivity index (χ4v) is 2.48. The number of benzene rings is 1. The topological polar surface area (TPSA) is 15.3 Å². The first-order valence-electron chi connectivity index (χ1n) is 6.30. The molecule has 0 saturated carbocycles. The van der Waals surface area contributed by atoms with Crippen molar-refractivity contribution >= 4 is 17.3 Å². The van der Waals surface area contributed by atoms with Gasteiger partial charge < -0.3 is 10.2 Å². The maximum absolute atomic E-state index is 6.20. The molecule has 2 rings (SSSR count). The molecule has 0 aliphatic carbocycles. The summed E-state index contributed by atoms with van der Waals surface area (Å²) in [5.41, 5.74) is 2.38. The van der Waals surface area contributed by atoms with Gasteiger partial charge in [-0.25, -0.2) is 0 Å². The van der Waals surface area contributed by atoms with Gasteiger partial charge in [-0.05, 0) is 44.0 Å². The maximum atomic E-state index is 6.20. The van der Waals surface area contributed by atoms with Crippen molar-refractivity contribution in [2.45, 2.75) is 26.8 Å². The van der Waals surface area contributed by atoms with Gasteiger partial charge in [-0.2, -0.15) is 0 Å². The van der Waals surface area contributed by atoms with Crippen LogP contribution in [0.3, 0.4) is 0 Å². The smallest absolute Gasteiger partial charge is 0.0455 e. The normalized spacial score (nSPS) is 25.8. The predicted octanol–water partition coefficient (Wildman–Crippen LogP) is 3.08. The van der Waals surface area contributed by atoms with Crippen LogP contribution in [0.1, 0.15) is 19.4 Å². The first-order chi connectivity index (χ1) is 8.06. The first kappa shape index (κ1) is 12.7. The van der Waals surface area contributed by atoms with Gasteiger partial charge in [-0.1, -0.05) is 24.6 Å². The second-order valence-electron chi connectivity index (χ2n) is 5.25. The summed E-state index contributed by atoms with van der Waals surface area (Å²) in [5.74, 6) is 0.667. The van der Waals surface area contributed by atoms with Crippen LogP contribution in [0.4, 0.5) is 5.69 Å². The number of nitrogens with one attached hydrogen (secondary N) is 1. The van der Waals surface area contributed by atoms with Crippen LogP contribution in [0.25, 0.3) is 0 Å². The summed E-state index contributed by atoms with van der Waals surface area (Å²) in [4.78, 5) is 2.43. The molecule has 94 valence electrons. The third-order valence-corrected chi connectivity index (χ3v) is 3.77. The first-order valence-corrected chi connectivity index (χ1v) is 6.68. The summed E-state index contributed by atoms with van der Waals surface area (Å²) < 4.78 is 0.